The summed E-state index contributed by atoms with van der Waals surface area (Å²) in [5.41, 5.74) is 0.943. The molecule has 1 aromatic carbocycles. The molecule has 7 heteroatoms. The average molecular weight is 369 g/mol. The molecule has 1 N–H and O–H groups in total. The monoisotopic (exact) mass is 369 g/mol. The number of benzene rings is 1. The van der Waals surface area contributed by atoms with Crippen LogP contribution >= 0.6 is 0 Å². The van der Waals surface area contributed by atoms with E-state index >= 15 is 0 Å². The number of rotatable bonds is 13. The van der Waals surface area contributed by atoms with Crippen molar-refractivity contribution in [3.63, 3.8) is 0 Å². The van der Waals surface area contributed by atoms with Crippen LogP contribution in [0.15, 0.2) is 18.2 Å². The summed E-state index contributed by atoms with van der Waals surface area (Å²) in [6, 6.07) is 5.69. The Kier molecular flexibility index (Phi) is 10.7. The molecule has 0 aromatic heterocycles. The van der Waals surface area contributed by atoms with E-state index in [1.165, 1.54) is 0 Å². The van der Waals surface area contributed by atoms with Gasteiger partial charge < -0.3 is 24.1 Å². The molecular weight excluding hydrogens is 338 g/mol. The molecule has 0 aliphatic heterocycles. The summed E-state index contributed by atoms with van der Waals surface area (Å²) in [7, 11) is 4.83. The lowest BCUT2D eigenvalue weighted by Gasteiger charge is -2.26. The molecule has 0 spiro atoms. The maximum absolute atomic E-state index is 11.5. The fourth-order valence-corrected chi connectivity index (χ4v) is 2.59. The molecule has 1 aromatic rings. The number of hydrogen-bond acceptors (Lipinski definition) is 7. The largest absolute Gasteiger partial charge is 0.493 e. The number of ether oxygens (including phenoxy) is 4. The molecule has 0 radical (unpaired) electrons. The van der Waals surface area contributed by atoms with Gasteiger partial charge in [-0.15, -0.1) is 0 Å². The third-order valence-electron chi connectivity index (χ3n) is 3.85. The SMILES string of the molecule is CCCC(=O)OCC(O)CN(CCOC)Cc1cccc(OC)c1OC. The van der Waals surface area contributed by atoms with E-state index in [9.17, 15) is 9.90 Å². The molecule has 0 fully saturated rings. The molecule has 0 saturated heterocycles. The number of methoxy groups -OCH3 is 3. The van der Waals surface area contributed by atoms with Gasteiger partial charge in [-0.25, -0.2) is 0 Å². The summed E-state index contributed by atoms with van der Waals surface area (Å²) in [6.07, 6.45) is 0.315. The van der Waals surface area contributed by atoms with Crippen molar-refractivity contribution >= 4 is 5.97 Å². The second kappa shape index (κ2) is 12.5. The Morgan fingerprint density at radius 2 is 2.00 bits per heavy atom. The molecule has 0 saturated carbocycles. The maximum atomic E-state index is 11.5. The van der Waals surface area contributed by atoms with Crippen LogP contribution in [0, 0.1) is 0 Å². The van der Waals surface area contributed by atoms with Crippen molar-refractivity contribution < 1.29 is 28.8 Å². The summed E-state index contributed by atoms with van der Waals surface area (Å²) in [5, 5.41) is 10.2. The van der Waals surface area contributed by atoms with E-state index in [0.29, 0.717) is 44.2 Å². The first-order valence-electron chi connectivity index (χ1n) is 8.80. The molecule has 0 heterocycles. The minimum absolute atomic E-state index is 0.0163. The Balaban J connectivity index is 2.73. The van der Waals surface area contributed by atoms with Gasteiger partial charge in [-0.1, -0.05) is 19.1 Å². The number of nitrogens with zero attached hydrogens (tertiary/aromatic N) is 1. The molecule has 0 bridgehead atoms. The van der Waals surface area contributed by atoms with Gasteiger partial charge in [0.25, 0.3) is 0 Å². The van der Waals surface area contributed by atoms with E-state index in [1.54, 1.807) is 21.3 Å². The van der Waals surface area contributed by atoms with Crippen LogP contribution in [0.4, 0.5) is 0 Å². The Labute approximate surface area is 155 Å². The number of para-hydroxylation sites is 1. The van der Waals surface area contributed by atoms with Crippen molar-refractivity contribution in [2.75, 3.05) is 47.6 Å². The molecule has 0 aliphatic rings. The quantitative estimate of drug-likeness (QED) is 0.532. The lowest BCUT2D eigenvalue weighted by atomic mass is 10.1. The number of carbonyl (C=O) groups is 1. The Morgan fingerprint density at radius 3 is 2.62 bits per heavy atom. The Hall–Kier alpha value is -1.83. The summed E-state index contributed by atoms with van der Waals surface area (Å²) in [6.45, 7) is 3.93. The predicted molar refractivity (Wildman–Crippen MR) is 98.6 cm³/mol. The Morgan fingerprint density at radius 1 is 1.23 bits per heavy atom. The van der Waals surface area contributed by atoms with Gasteiger partial charge in [-0.2, -0.15) is 0 Å². The van der Waals surface area contributed by atoms with Gasteiger partial charge in [0.2, 0.25) is 0 Å². The van der Waals surface area contributed by atoms with Crippen molar-refractivity contribution in [1.82, 2.24) is 4.90 Å². The predicted octanol–water partition coefficient (Wildman–Crippen LogP) is 1.86. The topological polar surface area (TPSA) is 77.5 Å². The zero-order chi connectivity index (χ0) is 19.4. The summed E-state index contributed by atoms with van der Waals surface area (Å²) in [4.78, 5) is 13.5. The maximum Gasteiger partial charge on any atom is 0.305 e. The molecule has 1 unspecified atom stereocenters. The van der Waals surface area contributed by atoms with Crippen molar-refractivity contribution in [2.45, 2.75) is 32.4 Å². The van der Waals surface area contributed by atoms with E-state index in [0.717, 1.165) is 12.0 Å². The van der Waals surface area contributed by atoms with E-state index in [-0.39, 0.29) is 12.6 Å². The van der Waals surface area contributed by atoms with Gasteiger partial charge in [-0.05, 0) is 12.5 Å². The standard InChI is InChI=1S/C19H31NO6/c1-5-7-18(22)26-14-16(21)13-20(10-11-23-2)12-15-8-6-9-17(24-3)19(15)25-4/h6,8-9,16,21H,5,7,10-14H2,1-4H3. The zero-order valence-electron chi connectivity index (χ0n) is 16.2. The van der Waals surface area contributed by atoms with E-state index < -0.39 is 6.10 Å². The van der Waals surface area contributed by atoms with Crippen LogP contribution in [0.1, 0.15) is 25.3 Å². The van der Waals surface area contributed by atoms with Crippen molar-refractivity contribution in [2.24, 2.45) is 0 Å². The zero-order valence-corrected chi connectivity index (χ0v) is 16.2. The van der Waals surface area contributed by atoms with Gasteiger partial charge in [0, 0.05) is 38.7 Å². The molecule has 7 nitrogen and oxygen atoms in total. The third kappa shape index (κ3) is 7.59. The minimum atomic E-state index is -0.774. The normalized spacial score (nSPS) is 12.1. The number of carbonyl (C=O) groups excluding carboxylic acids is 1. The van der Waals surface area contributed by atoms with Gasteiger partial charge in [0.1, 0.15) is 12.7 Å². The first kappa shape index (κ1) is 22.2. The number of esters is 1. The molecule has 1 atom stereocenters. The highest BCUT2D eigenvalue weighted by Crippen LogP contribution is 2.31. The van der Waals surface area contributed by atoms with E-state index in [2.05, 4.69) is 0 Å². The van der Waals surface area contributed by atoms with Crippen LogP contribution in [0.25, 0.3) is 0 Å². The van der Waals surface area contributed by atoms with Gasteiger partial charge in [-0.3, -0.25) is 9.69 Å². The summed E-state index contributed by atoms with van der Waals surface area (Å²) >= 11 is 0. The van der Waals surface area contributed by atoms with Gasteiger partial charge >= 0.3 is 5.97 Å². The molecule has 0 aliphatic carbocycles. The number of aliphatic hydroxyl groups is 1. The van der Waals surface area contributed by atoms with Crippen LogP contribution in [-0.2, 0) is 20.8 Å². The van der Waals surface area contributed by atoms with Crippen LogP contribution in [0.3, 0.4) is 0 Å². The lowest BCUT2D eigenvalue weighted by molar-refractivity contribution is -0.147. The molecule has 1 rings (SSSR count). The van der Waals surface area contributed by atoms with Crippen LogP contribution < -0.4 is 9.47 Å². The lowest BCUT2D eigenvalue weighted by Crippen LogP contribution is -2.37. The van der Waals surface area contributed by atoms with E-state index in [1.807, 2.05) is 30.0 Å². The van der Waals surface area contributed by atoms with Crippen molar-refractivity contribution in [3.05, 3.63) is 23.8 Å². The highest BCUT2D eigenvalue weighted by atomic mass is 16.5. The van der Waals surface area contributed by atoms with Gasteiger partial charge in [0.15, 0.2) is 11.5 Å². The highest BCUT2D eigenvalue weighted by Gasteiger charge is 2.17. The van der Waals surface area contributed by atoms with Crippen molar-refractivity contribution in [3.8, 4) is 11.5 Å². The molecule has 148 valence electrons. The fraction of sp³-hybridized carbons (Fsp3) is 0.632. The van der Waals surface area contributed by atoms with Gasteiger partial charge in [0.05, 0.1) is 20.8 Å². The second-order valence-electron chi connectivity index (χ2n) is 5.97. The first-order valence-corrected chi connectivity index (χ1v) is 8.80. The van der Waals surface area contributed by atoms with Crippen molar-refractivity contribution in [1.29, 1.82) is 0 Å². The first-order chi connectivity index (χ1) is 12.5. The molecule has 26 heavy (non-hydrogen) atoms. The molecule has 0 amide bonds. The van der Waals surface area contributed by atoms with Crippen LogP contribution in [0.2, 0.25) is 0 Å². The Bertz CT molecular complexity index is 537. The minimum Gasteiger partial charge on any atom is -0.493 e. The molecular formula is C19H31NO6. The van der Waals surface area contributed by atoms with Crippen LogP contribution in [0.5, 0.6) is 11.5 Å². The second-order valence-corrected chi connectivity index (χ2v) is 5.97. The summed E-state index contributed by atoms with van der Waals surface area (Å²) in [5.74, 6) is 1.04. The summed E-state index contributed by atoms with van der Waals surface area (Å²) < 4.78 is 21.1. The number of hydrogen-bond donors (Lipinski definition) is 1. The number of aliphatic hydroxyl groups excluding tert-OH is 1. The fourth-order valence-electron chi connectivity index (χ4n) is 2.59. The smallest absolute Gasteiger partial charge is 0.305 e. The van der Waals surface area contributed by atoms with Crippen LogP contribution in [-0.4, -0.2) is 69.7 Å². The van der Waals surface area contributed by atoms with E-state index in [4.69, 9.17) is 18.9 Å². The average Bonchev–Trinajstić information content (AvgIpc) is 2.64. The third-order valence-corrected chi connectivity index (χ3v) is 3.85. The highest BCUT2D eigenvalue weighted by molar-refractivity contribution is 5.69.